The number of carbonyl (C=O) groups is 1. The molecule has 3 nitrogen and oxygen atoms in total. The molecule has 4 heteroatoms. The minimum atomic E-state index is -0.114. The number of hydrogen-bond acceptors (Lipinski definition) is 3. The Hall–Kier alpha value is -0.730. The summed E-state index contributed by atoms with van der Waals surface area (Å²) in [5.74, 6) is 2.63. The number of thioether (sulfide) groups is 1. The lowest BCUT2D eigenvalue weighted by Gasteiger charge is -2.43. The number of rotatable bonds is 0. The first-order valence-electron chi connectivity index (χ1n) is 3.52. The van der Waals surface area contributed by atoms with Crippen molar-refractivity contribution in [3.8, 4) is 0 Å². The molecule has 0 aliphatic carbocycles. The summed E-state index contributed by atoms with van der Waals surface area (Å²) < 4.78 is 0. The summed E-state index contributed by atoms with van der Waals surface area (Å²) in [6.07, 6.45) is 1.04. The highest BCUT2D eigenvalue weighted by Gasteiger charge is 2.44. The second kappa shape index (κ2) is 2.40. The van der Waals surface area contributed by atoms with Crippen molar-refractivity contribution in [3.05, 3.63) is 5.57 Å². The van der Waals surface area contributed by atoms with E-state index in [0.717, 1.165) is 18.7 Å². The van der Waals surface area contributed by atoms with E-state index in [1.54, 1.807) is 22.6 Å². The summed E-state index contributed by atoms with van der Waals surface area (Å²) in [5, 5.41) is 0.0359. The molecule has 0 unspecified atom stereocenters. The Balaban J connectivity index is 2.21. The molecule has 2 rings (SSSR count). The minimum absolute atomic E-state index is 0.0359. The van der Waals surface area contributed by atoms with E-state index in [0.29, 0.717) is 5.57 Å². The molecule has 0 spiro atoms. The van der Waals surface area contributed by atoms with Crippen molar-refractivity contribution in [3.63, 3.8) is 0 Å². The maximum absolute atomic E-state index is 11.0. The van der Waals surface area contributed by atoms with Crippen molar-refractivity contribution in [2.75, 3.05) is 12.3 Å². The van der Waals surface area contributed by atoms with Crippen LogP contribution in [0.15, 0.2) is 5.57 Å². The van der Waals surface area contributed by atoms with E-state index in [2.05, 4.69) is 0 Å². The normalized spacial score (nSPS) is 29.1. The van der Waals surface area contributed by atoms with Crippen LogP contribution in [0.1, 0.15) is 6.42 Å². The van der Waals surface area contributed by atoms with E-state index in [9.17, 15) is 9.59 Å². The van der Waals surface area contributed by atoms with Gasteiger partial charge in [-0.05, 0) is 12.2 Å². The van der Waals surface area contributed by atoms with Crippen LogP contribution in [0.3, 0.4) is 0 Å². The molecular formula is C7H7NO2S. The first kappa shape index (κ1) is 6.95. The Labute approximate surface area is 68.4 Å². The number of amides is 1. The van der Waals surface area contributed by atoms with Gasteiger partial charge < -0.3 is 4.90 Å². The molecule has 58 valence electrons. The molecular weight excluding hydrogens is 162 g/mol. The van der Waals surface area contributed by atoms with Crippen LogP contribution in [0.2, 0.25) is 0 Å². The van der Waals surface area contributed by atoms with Crippen molar-refractivity contribution in [1.82, 2.24) is 4.90 Å². The molecule has 2 aliphatic heterocycles. The molecule has 0 N–H and O–H groups in total. The Morgan fingerprint density at radius 1 is 1.64 bits per heavy atom. The topological polar surface area (TPSA) is 37.4 Å². The summed E-state index contributed by atoms with van der Waals surface area (Å²) in [7, 11) is 0. The third-order valence-corrected chi connectivity index (χ3v) is 3.28. The monoisotopic (exact) mass is 169 g/mol. The highest BCUT2D eigenvalue weighted by Crippen LogP contribution is 2.36. The molecule has 0 radical (unpaired) electrons. The molecule has 0 aromatic heterocycles. The largest absolute Gasteiger partial charge is 0.321 e. The van der Waals surface area contributed by atoms with Crippen LogP contribution in [0.4, 0.5) is 0 Å². The fourth-order valence-electron chi connectivity index (χ4n) is 1.37. The lowest BCUT2D eigenvalue weighted by atomic mass is 10.1. The van der Waals surface area contributed by atoms with Crippen molar-refractivity contribution in [2.24, 2.45) is 0 Å². The van der Waals surface area contributed by atoms with Crippen LogP contribution in [-0.4, -0.2) is 34.4 Å². The van der Waals surface area contributed by atoms with Crippen LogP contribution < -0.4 is 0 Å². The first-order valence-corrected chi connectivity index (χ1v) is 4.57. The van der Waals surface area contributed by atoms with Crippen molar-refractivity contribution in [2.45, 2.75) is 11.8 Å². The Morgan fingerprint density at radius 2 is 2.45 bits per heavy atom. The maximum atomic E-state index is 11.0. The second-order valence-corrected chi connectivity index (χ2v) is 3.78. The van der Waals surface area contributed by atoms with E-state index in [1.165, 1.54) is 0 Å². The first-order chi connectivity index (χ1) is 5.34. The fourth-order valence-corrected chi connectivity index (χ4v) is 2.59. The Morgan fingerprint density at radius 3 is 3.18 bits per heavy atom. The zero-order chi connectivity index (χ0) is 7.84. The average Bonchev–Trinajstić information content (AvgIpc) is 2.05. The lowest BCUT2D eigenvalue weighted by molar-refractivity contribution is -0.133. The quantitative estimate of drug-likeness (QED) is 0.292. The summed E-state index contributed by atoms with van der Waals surface area (Å²) in [6.45, 7) is 0.807. The SMILES string of the molecule is O=C=C1C(=O)N2CCCS[C@@H]12. The van der Waals surface area contributed by atoms with Gasteiger partial charge in [0, 0.05) is 6.54 Å². The van der Waals surface area contributed by atoms with Crippen LogP contribution in [-0.2, 0) is 9.59 Å². The standard InChI is InChI=1S/C7H7NO2S/c9-4-5-6(10)8-2-1-3-11-7(5)8/h7H,1-3H2/t7-/m0/s1. The van der Waals surface area contributed by atoms with Crippen LogP contribution in [0.25, 0.3) is 0 Å². The number of carbonyl (C=O) groups excluding carboxylic acids is 2. The summed E-state index contributed by atoms with van der Waals surface area (Å²) in [5.41, 5.74) is 0.328. The fraction of sp³-hybridized carbons (Fsp3) is 0.571. The van der Waals surface area contributed by atoms with Gasteiger partial charge in [0.2, 0.25) is 0 Å². The number of β-lactam (4-membered cyclic amide) rings is 1. The van der Waals surface area contributed by atoms with E-state index in [4.69, 9.17) is 0 Å². The van der Waals surface area contributed by atoms with E-state index >= 15 is 0 Å². The predicted molar refractivity (Wildman–Crippen MR) is 41.8 cm³/mol. The summed E-state index contributed by atoms with van der Waals surface area (Å²) in [6, 6.07) is 0. The molecule has 2 fully saturated rings. The lowest BCUT2D eigenvalue weighted by Crippen LogP contribution is -2.55. The van der Waals surface area contributed by atoms with Crippen LogP contribution in [0.5, 0.6) is 0 Å². The Kier molecular flexibility index (Phi) is 1.51. The molecule has 1 atom stereocenters. The molecule has 0 bridgehead atoms. The predicted octanol–water partition coefficient (Wildman–Crippen LogP) is 0.0496. The zero-order valence-electron chi connectivity index (χ0n) is 5.87. The number of nitrogens with zero attached hydrogens (tertiary/aromatic N) is 1. The van der Waals surface area contributed by atoms with Crippen molar-refractivity contribution >= 4 is 23.6 Å². The van der Waals surface area contributed by atoms with Gasteiger partial charge in [0.25, 0.3) is 5.91 Å². The summed E-state index contributed by atoms with van der Waals surface area (Å²) in [4.78, 5) is 23.0. The van der Waals surface area contributed by atoms with Gasteiger partial charge in [-0.15, -0.1) is 11.8 Å². The minimum Gasteiger partial charge on any atom is -0.321 e. The van der Waals surface area contributed by atoms with E-state index in [-0.39, 0.29) is 11.3 Å². The van der Waals surface area contributed by atoms with Gasteiger partial charge in [-0.1, -0.05) is 0 Å². The second-order valence-electron chi connectivity index (χ2n) is 2.59. The third-order valence-electron chi connectivity index (χ3n) is 1.95. The van der Waals surface area contributed by atoms with Crippen LogP contribution >= 0.6 is 11.8 Å². The molecule has 0 saturated carbocycles. The van der Waals surface area contributed by atoms with Gasteiger partial charge in [-0.3, -0.25) is 4.79 Å². The van der Waals surface area contributed by atoms with Crippen LogP contribution in [0, 0.1) is 0 Å². The van der Waals surface area contributed by atoms with Gasteiger partial charge in [0.05, 0.1) is 0 Å². The van der Waals surface area contributed by atoms with E-state index in [1.807, 2.05) is 0 Å². The highest BCUT2D eigenvalue weighted by atomic mass is 32.2. The van der Waals surface area contributed by atoms with Crippen molar-refractivity contribution in [1.29, 1.82) is 0 Å². The maximum Gasteiger partial charge on any atom is 0.265 e. The van der Waals surface area contributed by atoms with Gasteiger partial charge in [-0.25, -0.2) is 4.79 Å². The number of fused-ring (bicyclic) bond motifs is 1. The highest BCUT2D eigenvalue weighted by molar-refractivity contribution is 8.00. The Bertz CT molecular complexity index is 257. The average molecular weight is 169 g/mol. The van der Waals surface area contributed by atoms with Crippen molar-refractivity contribution < 1.29 is 9.59 Å². The van der Waals surface area contributed by atoms with Gasteiger partial charge in [-0.2, -0.15) is 0 Å². The molecule has 2 saturated heterocycles. The van der Waals surface area contributed by atoms with E-state index < -0.39 is 0 Å². The molecule has 2 heterocycles. The van der Waals surface area contributed by atoms with Gasteiger partial charge >= 0.3 is 0 Å². The third kappa shape index (κ3) is 0.832. The zero-order valence-corrected chi connectivity index (χ0v) is 6.69. The molecule has 1 amide bonds. The molecule has 2 aliphatic rings. The molecule has 11 heavy (non-hydrogen) atoms. The van der Waals surface area contributed by atoms with Gasteiger partial charge in [0.1, 0.15) is 16.9 Å². The smallest absolute Gasteiger partial charge is 0.265 e. The molecule has 0 aromatic rings. The summed E-state index contributed by atoms with van der Waals surface area (Å²) >= 11 is 1.65. The molecule has 0 aromatic carbocycles. The number of hydrogen-bond donors (Lipinski definition) is 0. The van der Waals surface area contributed by atoms with Gasteiger partial charge in [0.15, 0.2) is 0 Å².